The second-order valence-electron chi connectivity index (χ2n) is 7.45. The van der Waals surface area contributed by atoms with Crippen molar-refractivity contribution >= 4 is 33.7 Å². The number of hydrogen-bond donors (Lipinski definition) is 0. The molecular weight excluding hydrogens is 424 g/mol. The van der Waals surface area contributed by atoms with Gasteiger partial charge in [-0.15, -0.1) is 0 Å². The zero-order valence-electron chi connectivity index (χ0n) is 15.9. The molecule has 0 unspecified atom stereocenters. The first-order valence-corrected chi connectivity index (χ1v) is 9.66. The summed E-state index contributed by atoms with van der Waals surface area (Å²) in [4.78, 5) is 39.5. The molecule has 1 saturated heterocycles. The van der Waals surface area contributed by atoms with Gasteiger partial charge in [-0.1, -0.05) is 58.4 Å². The van der Waals surface area contributed by atoms with Crippen LogP contribution in [-0.4, -0.2) is 24.8 Å². The van der Waals surface area contributed by atoms with Crippen molar-refractivity contribution in [1.82, 2.24) is 0 Å². The molecule has 5 nitrogen and oxygen atoms in total. The number of ketones is 1. The number of carbonyl (C=O) groups is 3. The lowest BCUT2D eigenvalue weighted by Gasteiger charge is -2.44. The van der Waals surface area contributed by atoms with Crippen LogP contribution in [0.5, 0.6) is 0 Å². The third-order valence-corrected chi connectivity index (χ3v) is 5.75. The Morgan fingerprint density at radius 2 is 1.68 bits per heavy atom. The number of hydrogen-bond acceptors (Lipinski definition) is 5. The molecule has 0 bridgehead atoms. The Hall–Kier alpha value is -2.47. The highest BCUT2D eigenvalue weighted by molar-refractivity contribution is 9.10. The van der Waals surface area contributed by atoms with Gasteiger partial charge in [-0.25, -0.2) is 0 Å². The van der Waals surface area contributed by atoms with Crippen molar-refractivity contribution in [1.29, 1.82) is 0 Å². The van der Waals surface area contributed by atoms with E-state index in [1.165, 1.54) is 7.11 Å². The minimum absolute atomic E-state index is 0.103. The molecule has 146 valence electrons. The van der Waals surface area contributed by atoms with Gasteiger partial charge in [0.1, 0.15) is 6.10 Å². The van der Waals surface area contributed by atoms with Crippen LogP contribution in [0.15, 0.2) is 59.1 Å². The van der Waals surface area contributed by atoms with Crippen molar-refractivity contribution < 1.29 is 23.9 Å². The normalized spacial score (nSPS) is 23.8. The summed E-state index contributed by atoms with van der Waals surface area (Å²) in [5.74, 6) is -2.27. The van der Waals surface area contributed by atoms with Crippen molar-refractivity contribution in [3.05, 3.63) is 70.2 Å². The lowest BCUT2D eigenvalue weighted by Crippen LogP contribution is -2.60. The molecule has 0 amide bonds. The number of halogens is 1. The van der Waals surface area contributed by atoms with Crippen LogP contribution in [0.1, 0.15) is 31.1 Å². The van der Waals surface area contributed by atoms with E-state index >= 15 is 0 Å². The molecule has 1 fully saturated rings. The van der Waals surface area contributed by atoms with Gasteiger partial charge in [0.2, 0.25) is 5.41 Å². The molecule has 0 aliphatic carbocycles. The van der Waals surface area contributed by atoms with E-state index in [0.717, 1.165) is 4.47 Å². The predicted molar refractivity (Wildman–Crippen MR) is 106 cm³/mol. The van der Waals surface area contributed by atoms with E-state index in [4.69, 9.17) is 9.47 Å². The summed E-state index contributed by atoms with van der Waals surface area (Å²) in [5.41, 5.74) is -1.78. The van der Waals surface area contributed by atoms with Crippen LogP contribution in [-0.2, 0) is 30.3 Å². The highest BCUT2D eigenvalue weighted by Gasteiger charge is 2.65. The molecule has 2 atom stereocenters. The molecular formula is C22H21BrO5. The highest BCUT2D eigenvalue weighted by atomic mass is 79.9. The summed E-state index contributed by atoms with van der Waals surface area (Å²) >= 11 is 3.37. The lowest BCUT2D eigenvalue weighted by atomic mass is 9.63. The fourth-order valence-electron chi connectivity index (χ4n) is 3.72. The van der Waals surface area contributed by atoms with E-state index in [-0.39, 0.29) is 6.42 Å². The fraction of sp³-hybridized carbons (Fsp3) is 0.318. The molecule has 0 aromatic heterocycles. The molecule has 0 saturated carbocycles. The van der Waals surface area contributed by atoms with Crippen LogP contribution in [0.4, 0.5) is 0 Å². The molecule has 0 spiro atoms. The summed E-state index contributed by atoms with van der Waals surface area (Å²) in [5, 5.41) is 0. The first kappa shape index (κ1) is 20.3. The van der Waals surface area contributed by atoms with Gasteiger partial charge >= 0.3 is 11.9 Å². The Morgan fingerprint density at radius 3 is 2.25 bits per heavy atom. The number of benzene rings is 2. The average molecular weight is 445 g/mol. The summed E-state index contributed by atoms with van der Waals surface area (Å²) < 4.78 is 11.5. The van der Waals surface area contributed by atoms with Crippen molar-refractivity contribution in [2.45, 2.75) is 26.4 Å². The predicted octanol–water partition coefficient (Wildman–Crippen LogP) is 4.04. The maximum atomic E-state index is 13.6. The number of esters is 2. The van der Waals surface area contributed by atoms with E-state index in [0.29, 0.717) is 11.1 Å². The van der Waals surface area contributed by atoms with Crippen LogP contribution in [0.3, 0.4) is 0 Å². The standard InChI is InChI=1S/C22H21BrO5/c1-21(2)17(15-9-11-16(23)12-10-15)28-20(26)22(18(21)24,19(25)27-3)13-14-7-5-4-6-8-14/h4-12,17H,13H2,1-3H3/t17-,22-/m1/s1. The van der Waals surface area contributed by atoms with Gasteiger partial charge in [-0.05, 0) is 37.1 Å². The Kier molecular flexibility index (Phi) is 5.44. The van der Waals surface area contributed by atoms with Gasteiger partial charge in [0.05, 0.1) is 12.5 Å². The molecule has 2 aromatic rings. The highest BCUT2D eigenvalue weighted by Crippen LogP contribution is 2.49. The third-order valence-electron chi connectivity index (χ3n) is 5.22. The van der Waals surface area contributed by atoms with Crippen molar-refractivity contribution in [3.63, 3.8) is 0 Å². The number of Topliss-reactive ketones (excluding diaryl/α,β-unsaturated/α-hetero) is 1. The molecule has 1 aliphatic heterocycles. The van der Waals surface area contributed by atoms with Gasteiger partial charge in [-0.2, -0.15) is 0 Å². The molecule has 28 heavy (non-hydrogen) atoms. The third kappa shape index (κ3) is 3.26. The number of carbonyl (C=O) groups excluding carboxylic acids is 3. The van der Waals surface area contributed by atoms with Crippen molar-refractivity contribution in [2.75, 3.05) is 7.11 Å². The van der Waals surface area contributed by atoms with E-state index in [1.54, 1.807) is 50.2 Å². The first-order chi connectivity index (χ1) is 13.2. The maximum Gasteiger partial charge on any atom is 0.332 e. The SMILES string of the molecule is COC(=O)[C@]1(Cc2ccccc2)C(=O)O[C@H](c2ccc(Br)cc2)C(C)(C)C1=O. The second-order valence-corrected chi connectivity index (χ2v) is 8.36. The van der Waals surface area contributed by atoms with Gasteiger partial charge in [0.25, 0.3) is 0 Å². The number of cyclic esters (lactones) is 1. The molecule has 2 aromatic carbocycles. The molecule has 3 rings (SSSR count). The minimum Gasteiger partial charge on any atom is -0.468 e. The zero-order chi connectivity index (χ0) is 20.5. The first-order valence-electron chi connectivity index (χ1n) is 8.87. The smallest absolute Gasteiger partial charge is 0.332 e. The van der Waals surface area contributed by atoms with E-state index in [9.17, 15) is 14.4 Å². The van der Waals surface area contributed by atoms with Gasteiger partial charge < -0.3 is 9.47 Å². The summed E-state index contributed by atoms with van der Waals surface area (Å²) in [6, 6.07) is 16.1. The molecule has 0 radical (unpaired) electrons. The van der Waals surface area contributed by atoms with Crippen LogP contribution in [0, 0.1) is 10.8 Å². The molecule has 6 heteroatoms. The van der Waals surface area contributed by atoms with Crippen molar-refractivity contribution in [2.24, 2.45) is 10.8 Å². The van der Waals surface area contributed by atoms with Crippen LogP contribution >= 0.6 is 15.9 Å². The summed E-state index contributed by atoms with van der Waals surface area (Å²) in [7, 11) is 1.17. The van der Waals surface area contributed by atoms with Crippen LogP contribution in [0.25, 0.3) is 0 Å². The number of rotatable bonds is 4. The van der Waals surface area contributed by atoms with Crippen LogP contribution < -0.4 is 0 Å². The lowest BCUT2D eigenvalue weighted by molar-refractivity contribution is -0.196. The van der Waals surface area contributed by atoms with Gasteiger partial charge in [0, 0.05) is 10.9 Å². The van der Waals surface area contributed by atoms with E-state index < -0.39 is 34.7 Å². The van der Waals surface area contributed by atoms with E-state index in [1.807, 2.05) is 18.2 Å². The topological polar surface area (TPSA) is 69.7 Å². The van der Waals surface area contributed by atoms with Crippen LogP contribution in [0.2, 0.25) is 0 Å². The molecule has 1 heterocycles. The Balaban J connectivity index is 2.08. The zero-order valence-corrected chi connectivity index (χ0v) is 17.5. The Morgan fingerprint density at radius 1 is 1.07 bits per heavy atom. The van der Waals surface area contributed by atoms with Crippen molar-refractivity contribution in [3.8, 4) is 0 Å². The number of ether oxygens (including phenoxy) is 2. The largest absolute Gasteiger partial charge is 0.468 e. The fourth-order valence-corrected chi connectivity index (χ4v) is 3.98. The summed E-state index contributed by atoms with van der Waals surface area (Å²) in [6.07, 6.45) is -0.900. The van der Waals surface area contributed by atoms with E-state index in [2.05, 4.69) is 15.9 Å². The Labute approximate surface area is 172 Å². The Bertz CT molecular complexity index is 904. The number of methoxy groups -OCH3 is 1. The maximum absolute atomic E-state index is 13.6. The summed E-state index contributed by atoms with van der Waals surface area (Å²) in [6.45, 7) is 3.38. The molecule has 0 N–H and O–H groups in total. The monoisotopic (exact) mass is 444 g/mol. The molecule has 1 aliphatic rings. The second kappa shape index (κ2) is 7.51. The van der Waals surface area contributed by atoms with Gasteiger partial charge in [0.15, 0.2) is 5.78 Å². The van der Waals surface area contributed by atoms with Gasteiger partial charge in [-0.3, -0.25) is 14.4 Å². The average Bonchev–Trinajstić information content (AvgIpc) is 2.69. The quantitative estimate of drug-likeness (QED) is 0.525. The minimum atomic E-state index is -2.02.